The molecule has 0 spiro atoms. The predicted octanol–water partition coefficient (Wildman–Crippen LogP) is 0.511. The number of anilines is 3. The van der Waals surface area contributed by atoms with E-state index in [4.69, 9.17) is 16.9 Å². The molecule has 0 saturated carbocycles. The summed E-state index contributed by atoms with van der Waals surface area (Å²) >= 11 is 0. The summed E-state index contributed by atoms with van der Waals surface area (Å²) < 4.78 is 0. The Kier molecular flexibility index (Phi) is 22.0. The number of hydrogen-bond donors (Lipinski definition) is 17. The lowest BCUT2D eigenvalue weighted by molar-refractivity contribution is -0.143. The van der Waals surface area contributed by atoms with Crippen molar-refractivity contribution in [1.82, 2.24) is 62.1 Å². The number of carbonyl (C=O) groups excluding carboxylic acids is 6. The average molecular weight is 1210 g/mol. The highest BCUT2D eigenvalue weighted by atomic mass is 33.1. The molecule has 2 aliphatic rings. The van der Waals surface area contributed by atoms with Crippen molar-refractivity contribution < 1.29 is 58.5 Å². The molecule has 0 fully saturated rings. The second-order valence-corrected chi connectivity index (χ2v) is 21.9. The van der Waals surface area contributed by atoms with Gasteiger partial charge in [0.15, 0.2) is 23.4 Å². The van der Waals surface area contributed by atoms with Crippen LogP contribution in [0.25, 0.3) is 22.1 Å². The molecule has 1 aliphatic carbocycles. The lowest BCUT2D eigenvalue weighted by Crippen LogP contribution is -2.56. The van der Waals surface area contributed by atoms with Crippen LogP contribution in [0.5, 0.6) is 0 Å². The van der Waals surface area contributed by atoms with E-state index in [9.17, 15) is 63.3 Å². The van der Waals surface area contributed by atoms with Crippen molar-refractivity contribution in [3.8, 4) is 0 Å². The first-order chi connectivity index (χ1) is 40.7. The number of H-pyrrole nitrogens is 2. The van der Waals surface area contributed by atoms with Gasteiger partial charge in [-0.25, -0.2) is 19.6 Å². The number of hydrogen-bond acceptors (Lipinski definition) is 20. The van der Waals surface area contributed by atoms with E-state index in [0.29, 0.717) is 53.6 Å². The fraction of sp³-hybridized carbons (Fsp3) is 0.321. The van der Waals surface area contributed by atoms with Crippen molar-refractivity contribution >= 4 is 121 Å². The van der Waals surface area contributed by atoms with Crippen LogP contribution in [0, 0.1) is 5.41 Å². The molecule has 4 heterocycles. The number of nitrogens with two attached hydrogens (primary N) is 2. The quantitative estimate of drug-likeness (QED) is 0.00917. The maximum Gasteiger partial charge on any atom is 0.327 e. The van der Waals surface area contributed by atoms with Gasteiger partial charge in [0.2, 0.25) is 23.7 Å². The van der Waals surface area contributed by atoms with E-state index in [0.717, 1.165) is 39.3 Å². The largest absolute Gasteiger partial charge is 0.481 e. The number of aldehydes is 1. The number of carbonyl (C=O) groups is 9. The van der Waals surface area contributed by atoms with E-state index >= 15 is 0 Å². The summed E-state index contributed by atoms with van der Waals surface area (Å²) in [6, 6.07) is 6.46. The minimum absolute atomic E-state index is 0.0117. The van der Waals surface area contributed by atoms with Crippen LogP contribution in [0.4, 0.5) is 17.3 Å². The van der Waals surface area contributed by atoms with E-state index in [1.165, 1.54) is 41.3 Å². The average Bonchev–Trinajstić information content (AvgIpc) is 3.99. The summed E-state index contributed by atoms with van der Waals surface area (Å²) in [4.78, 5) is 144. The maximum absolute atomic E-state index is 13.7. The van der Waals surface area contributed by atoms with Crippen LogP contribution in [-0.2, 0) is 40.1 Å². The molecule has 5 atom stereocenters. The third kappa shape index (κ3) is 18.5. The summed E-state index contributed by atoms with van der Waals surface area (Å²) in [5.41, 5.74) is 15.4. The summed E-state index contributed by atoms with van der Waals surface area (Å²) in [5.74, 6) is -8.61. The number of benzene rings is 2. The van der Waals surface area contributed by atoms with Crippen LogP contribution in [0.3, 0.4) is 0 Å². The van der Waals surface area contributed by atoms with Crippen molar-refractivity contribution in [2.24, 2.45) is 5.73 Å². The smallest absolute Gasteiger partial charge is 0.327 e. The number of nitrogen functional groups attached to an aromatic ring is 1. The number of guanidine groups is 1. The van der Waals surface area contributed by atoms with Gasteiger partial charge in [0.1, 0.15) is 29.9 Å². The second kappa shape index (κ2) is 29.8. The first-order valence-corrected chi connectivity index (χ1v) is 28.8. The highest BCUT2D eigenvalue weighted by Crippen LogP contribution is 2.27. The van der Waals surface area contributed by atoms with E-state index in [2.05, 4.69) is 72.8 Å². The van der Waals surface area contributed by atoms with E-state index in [1.54, 1.807) is 30.3 Å². The molecule has 32 heteroatoms. The fourth-order valence-electron chi connectivity index (χ4n) is 8.62. The lowest BCUT2D eigenvalue weighted by Gasteiger charge is -2.24. The van der Waals surface area contributed by atoms with Crippen molar-refractivity contribution in [3.05, 3.63) is 117 Å². The van der Waals surface area contributed by atoms with Crippen LogP contribution >= 0.6 is 21.6 Å². The Morgan fingerprint density at radius 1 is 0.800 bits per heavy atom. The zero-order valence-corrected chi connectivity index (χ0v) is 46.7. The normalized spacial score (nSPS) is 14.7. The van der Waals surface area contributed by atoms with Gasteiger partial charge in [-0.2, -0.15) is 4.98 Å². The van der Waals surface area contributed by atoms with Crippen LogP contribution in [0.1, 0.15) is 71.5 Å². The van der Waals surface area contributed by atoms with Gasteiger partial charge < -0.3 is 79.6 Å². The Balaban J connectivity index is 0.844. The molecule has 2 aromatic carbocycles. The molecule has 5 aromatic rings. The van der Waals surface area contributed by atoms with Crippen LogP contribution in [0.2, 0.25) is 0 Å². The molecule has 19 N–H and O–H groups in total. The molecule has 85 heavy (non-hydrogen) atoms. The van der Waals surface area contributed by atoms with Gasteiger partial charge in [0.05, 0.1) is 36.6 Å². The number of nitrogens with one attached hydrogen (secondary N) is 12. The molecular formula is C53H61N17O13S2. The number of fused-ring (bicyclic) bond motifs is 3. The zero-order chi connectivity index (χ0) is 61.2. The second-order valence-electron chi connectivity index (χ2n) is 19.3. The summed E-state index contributed by atoms with van der Waals surface area (Å²) in [6.07, 6.45) is 7.15. The fourth-order valence-corrected chi connectivity index (χ4v) is 10.9. The van der Waals surface area contributed by atoms with Crippen LogP contribution in [0.15, 0.2) is 94.7 Å². The lowest BCUT2D eigenvalue weighted by atomic mass is 9.99. The minimum atomic E-state index is -1.81. The molecular weight excluding hydrogens is 1150 g/mol. The van der Waals surface area contributed by atoms with Gasteiger partial charge in [0.25, 0.3) is 17.4 Å². The van der Waals surface area contributed by atoms with Crippen LogP contribution in [-0.4, -0.2) is 155 Å². The number of aromatic nitrogens is 5. The zero-order valence-electron chi connectivity index (χ0n) is 45.1. The first kappa shape index (κ1) is 62.6. The van der Waals surface area contributed by atoms with Gasteiger partial charge in [-0.1, -0.05) is 27.7 Å². The SMILES string of the molecule is N=C(N)NCCCC(NC(=O)CCC(NC(=O)c1ccc(NCc2cnc3nc(N)[nH]c(=O)c3n2)cc1)C(=O)O)C(=O)N[C@H](CC(=O)O)C(=O)NC(CSSCCCNC1=CCC2NC(C(=O)Nc3ccc4[nH]c(C=O)cc4c3)=CC2=C1)C(=O)O. The predicted molar refractivity (Wildman–Crippen MR) is 315 cm³/mol. The van der Waals surface area contributed by atoms with Gasteiger partial charge in [-0.15, -0.1) is 0 Å². The van der Waals surface area contributed by atoms with Gasteiger partial charge in [0, 0.05) is 64.6 Å². The number of carboxylic acids is 3. The number of amides is 5. The minimum Gasteiger partial charge on any atom is -0.481 e. The summed E-state index contributed by atoms with van der Waals surface area (Å²) in [6.45, 7) is 0.738. The van der Waals surface area contributed by atoms with E-state index < -0.39 is 90.5 Å². The summed E-state index contributed by atoms with van der Waals surface area (Å²) in [7, 11) is 2.49. The number of nitrogens with zero attached hydrogens (tertiary/aromatic N) is 3. The molecule has 3 aromatic heterocycles. The molecule has 5 amide bonds. The Morgan fingerprint density at radius 2 is 1.54 bits per heavy atom. The Labute approximate surface area is 490 Å². The molecule has 4 unspecified atom stereocenters. The number of allylic oxidation sites excluding steroid dienone is 1. The third-order valence-corrected chi connectivity index (χ3v) is 15.4. The standard InChI is InChI=1S/C53H61N17O13S2/c54-52(55)58-14-1-3-36(65-41(72)13-12-37(50(80)81)66-45(75)26-4-6-29(7-5-26)59-22-33-23-60-44-43(62-33)49(79)70-53(56)69-44)46(76)67-39(21-42(73)74)48(78)68-40(51(82)83)25-85-84-16-2-15-57-30-8-10-35-28(17-30)20-38(64-35)47(77)63-31-9-11-34-27(18-31)19-32(24-71)61-34/h4-9,11,17-20,23-24,35-37,39-40,57,59,61,64H,1-3,10,12-16,21-22,25H2,(H,63,77)(H,65,72)(H,66,75)(H,67,76)(H,68,78)(H,73,74)(H,80,81)(H,82,83)(H4,54,55,58)(H3,56,60,69,70,79)/t35?,36?,37?,39-,40?/m1/s1. The number of aliphatic carboxylic acids is 3. The van der Waals surface area contributed by atoms with Gasteiger partial charge in [-0.05, 0) is 98.4 Å². The highest BCUT2D eigenvalue weighted by molar-refractivity contribution is 8.76. The Bertz CT molecular complexity index is 3530. The van der Waals surface area contributed by atoms with Gasteiger partial charge in [-0.3, -0.25) is 48.7 Å². The molecule has 0 saturated heterocycles. The molecule has 30 nitrogen and oxygen atoms in total. The van der Waals surface area contributed by atoms with Crippen molar-refractivity contribution in [3.63, 3.8) is 0 Å². The first-order valence-electron chi connectivity index (χ1n) is 26.3. The Hall–Kier alpha value is -9.98. The third-order valence-electron chi connectivity index (χ3n) is 12.9. The monoisotopic (exact) mass is 1210 g/mol. The molecule has 7 rings (SSSR count). The molecule has 448 valence electrons. The van der Waals surface area contributed by atoms with E-state index in [1.807, 2.05) is 12.2 Å². The molecule has 0 radical (unpaired) electrons. The van der Waals surface area contributed by atoms with Crippen molar-refractivity contribution in [1.29, 1.82) is 5.41 Å². The van der Waals surface area contributed by atoms with Crippen molar-refractivity contribution in [2.45, 2.75) is 81.7 Å². The van der Waals surface area contributed by atoms with Crippen LogP contribution < -0.4 is 64.9 Å². The highest BCUT2D eigenvalue weighted by Gasteiger charge is 2.32. The Morgan fingerprint density at radius 3 is 2.27 bits per heavy atom. The van der Waals surface area contributed by atoms with Gasteiger partial charge >= 0.3 is 17.9 Å². The summed E-state index contributed by atoms with van der Waals surface area (Å²) in [5, 5.41) is 62.3. The topological polar surface area (TPSA) is 486 Å². The molecule has 1 aliphatic heterocycles. The number of rotatable bonds is 32. The van der Waals surface area contributed by atoms with E-state index in [-0.39, 0.29) is 72.3 Å². The molecule has 0 bridgehead atoms. The number of aromatic amines is 2. The number of carboxylic acid groups (broad SMARTS) is 3. The van der Waals surface area contributed by atoms with Crippen molar-refractivity contribution in [2.75, 3.05) is 41.0 Å². The maximum atomic E-state index is 13.7.